The van der Waals surface area contributed by atoms with Crippen molar-refractivity contribution < 1.29 is 8.42 Å². The maximum absolute atomic E-state index is 11.1. The van der Waals surface area contributed by atoms with Crippen molar-refractivity contribution in [3.63, 3.8) is 0 Å². The molecule has 0 spiro atoms. The lowest BCUT2D eigenvalue weighted by molar-refractivity contribution is 0.582. The minimum Gasteiger partial charge on any atom is -0.231 e. The maximum Gasteiger partial charge on any atom is 0.147 e. The van der Waals surface area contributed by atoms with Gasteiger partial charge in [-0.15, -0.1) is 0 Å². The molecule has 0 N–H and O–H groups in total. The normalized spacial score (nSPS) is 12.9. The second kappa shape index (κ2) is 6.62. The summed E-state index contributed by atoms with van der Waals surface area (Å²) in [7, 11) is -2.36. The van der Waals surface area contributed by atoms with E-state index < -0.39 is 10.7 Å². The van der Waals surface area contributed by atoms with E-state index in [4.69, 9.17) is 0 Å². The van der Waals surface area contributed by atoms with Crippen LogP contribution in [-0.4, -0.2) is 8.42 Å². The molecular formula is C12H18O2S. The average molecular weight is 226 g/mol. The number of unbranched alkanes of at least 4 members (excludes halogenated alkanes) is 2. The first-order valence-corrected chi connectivity index (χ1v) is 6.68. The molecule has 0 radical (unpaired) electrons. The van der Waals surface area contributed by atoms with E-state index in [0.29, 0.717) is 0 Å². The zero-order chi connectivity index (χ0) is 11.1. The molecule has 1 aromatic carbocycles. The topological polar surface area (TPSA) is 34.1 Å². The third-order valence-corrected chi connectivity index (χ3v) is 3.59. The highest BCUT2D eigenvalue weighted by molar-refractivity contribution is 7.72. The molecule has 0 fully saturated rings. The van der Waals surface area contributed by atoms with E-state index in [1.165, 1.54) is 0 Å². The van der Waals surface area contributed by atoms with E-state index in [2.05, 4.69) is 6.92 Å². The maximum atomic E-state index is 11.1. The number of benzene rings is 1. The summed E-state index contributed by atoms with van der Waals surface area (Å²) in [4.78, 5) is 0. The third kappa shape index (κ3) is 4.04. The van der Waals surface area contributed by atoms with Gasteiger partial charge in [0.05, 0.1) is 5.25 Å². The van der Waals surface area contributed by atoms with E-state index in [9.17, 15) is 8.42 Å². The van der Waals surface area contributed by atoms with Gasteiger partial charge < -0.3 is 0 Å². The van der Waals surface area contributed by atoms with Gasteiger partial charge in [0.1, 0.15) is 10.7 Å². The van der Waals surface area contributed by atoms with Crippen LogP contribution in [0, 0.1) is 0 Å². The standard InChI is InChI=1S/C12H18O2S/c1-2-3-5-10-12(15(13)14)11-8-6-4-7-9-11/h4,6-9,12,15H,2-3,5,10H2,1H3. The van der Waals surface area contributed by atoms with Gasteiger partial charge in [-0.1, -0.05) is 56.5 Å². The van der Waals surface area contributed by atoms with Crippen LogP contribution in [0.1, 0.15) is 43.4 Å². The van der Waals surface area contributed by atoms with Gasteiger partial charge in [0.25, 0.3) is 0 Å². The van der Waals surface area contributed by atoms with Crippen LogP contribution in [0.4, 0.5) is 0 Å². The summed E-state index contributed by atoms with van der Waals surface area (Å²) < 4.78 is 22.3. The highest BCUT2D eigenvalue weighted by Gasteiger charge is 2.12. The lowest BCUT2D eigenvalue weighted by Crippen LogP contribution is -2.00. The molecule has 0 aliphatic heterocycles. The Balaban J connectivity index is 2.67. The highest BCUT2D eigenvalue weighted by Crippen LogP contribution is 2.22. The van der Waals surface area contributed by atoms with Gasteiger partial charge in [-0.2, -0.15) is 0 Å². The summed E-state index contributed by atoms with van der Waals surface area (Å²) in [5.74, 6) is 0. The number of hydrogen-bond donors (Lipinski definition) is 1. The van der Waals surface area contributed by atoms with Crippen LogP contribution < -0.4 is 0 Å². The summed E-state index contributed by atoms with van der Waals surface area (Å²) in [5.41, 5.74) is 0.921. The molecule has 15 heavy (non-hydrogen) atoms. The lowest BCUT2D eigenvalue weighted by Gasteiger charge is -2.09. The van der Waals surface area contributed by atoms with Crippen molar-refractivity contribution in [1.82, 2.24) is 0 Å². The first-order valence-electron chi connectivity index (χ1n) is 5.44. The Morgan fingerprint density at radius 3 is 2.33 bits per heavy atom. The van der Waals surface area contributed by atoms with Gasteiger partial charge in [-0.25, -0.2) is 8.42 Å². The fourth-order valence-corrected chi connectivity index (χ4v) is 2.47. The molecule has 0 aromatic heterocycles. The molecule has 0 aliphatic rings. The molecule has 84 valence electrons. The Kier molecular flexibility index (Phi) is 5.40. The van der Waals surface area contributed by atoms with E-state index in [1.807, 2.05) is 30.3 Å². The monoisotopic (exact) mass is 226 g/mol. The van der Waals surface area contributed by atoms with Gasteiger partial charge in [-0.05, 0) is 12.0 Å². The molecule has 1 aromatic rings. The first kappa shape index (κ1) is 12.2. The molecule has 0 bridgehead atoms. The van der Waals surface area contributed by atoms with Crippen molar-refractivity contribution in [1.29, 1.82) is 0 Å². The van der Waals surface area contributed by atoms with Crippen LogP contribution in [0.5, 0.6) is 0 Å². The molecule has 0 saturated heterocycles. The van der Waals surface area contributed by atoms with Crippen LogP contribution in [-0.2, 0) is 10.7 Å². The summed E-state index contributed by atoms with van der Waals surface area (Å²) in [6, 6.07) is 9.47. The molecule has 0 amide bonds. The molecule has 1 unspecified atom stereocenters. The van der Waals surface area contributed by atoms with Crippen molar-refractivity contribution in [3.05, 3.63) is 35.9 Å². The average Bonchev–Trinajstić information content (AvgIpc) is 2.25. The summed E-state index contributed by atoms with van der Waals surface area (Å²) in [5, 5.41) is -0.298. The van der Waals surface area contributed by atoms with E-state index in [1.54, 1.807) is 0 Å². The first-order chi connectivity index (χ1) is 7.25. The molecule has 1 rings (SSSR count). The van der Waals surface area contributed by atoms with Crippen LogP contribution in [0.25, 0.3) is 0 Å². The minimum atomic E-state index is -2.36. The van der Waals surface area contributed by atoms with Crippen LogP contribution in [0.2, 0.25) is 0 Å². The van der Waals surface area contributed by atoms with Crippen molar-refractivity contribution in [2.45, 2.75) is 37.9 Å². The van der Waals surface area contributed by atoms with Crippen molar-refractivity contribution in [2.75, 3.05) is 0 Å². The predicted octanol–water partition coefficient (Wildman–Crippen LogP) is 2.92. The molecule has 3 heteroatoms. The quantitative estimate of drug-likeness (QED) is 0.598. The van der Waals surface area contributed by atoms with Gasteiger partial charge in [0.2, 0.25) is 0 Å². The lowest BCUT2D eigenvalue weighted by atomic mass is 10.1. The SMILES string of the molecule is CCCCCC(c1ccccc1)[SH](=O)=O. The van der Waals surface area contributed by atoms with Crippen molar-refractivity contribution in [2.24, 2.45) is 0 Å². The Labute approximate surface area is 93.3 Å². The second-order valence-corrected chi connectivity index (χ2v) is 4.90. The van der Waals surface area contributed by atoms with Crippen molar-refractivity contribution in [3.8, 4) is 0 Å². The molecule has 0 aliphatic carbocycles. The third-order valence-electron chi connectivity index (χ3n) is 2.52. The zero-order valence-corrected chi connectivity index (χ0v) is 9.95. The fraction of sp³-hybridized carbons (Fsp3) is 0.500. The fourth-order valence-electron chi connectivity index (χ4n) is 1.66. The number of hydrogen-bond acceptors (Lipinski definition) is 2. The Morgan fingerprint density at radius 1 is 1.13 bits per heavy atom. The van der Waals surface area contributed by atoms with Gasteiger partial charge in [0.15, 0.2) is 0 Å². The van der Waals surface area contributed by atoms with Gasteiger partial charge in [-0.3, -0.25) is 0 Å². The zero-order valence-electron chi connectivity index (χ0n) is 9.06. The molecule has 0 saturated carbocycles. The van der Waals surface area contributed by atoms with Crippen molar-refractivity contribution >= 4 is 10.7 Å². The number of rotatable bonds is 6. The molecule has 2 nitrogen and oxygen atoms in total. The highest BCUT2D eigenvalue weighted by atomic mass is 32.2. The molecule has 0 heterocycles. The van der Waals surface area contributed by atoms with E-state index in [-0.39, 0.29) is 5.25 Å². The predicted molar refractivity (Wildman–Crippen MR) is 63.6 cm³/mol. The Morgan fingerprint density at radius 2 is 1.80 bits per heavy atom. The minimum absolute atomic E-state index is 0.298. The van der Waals surface area contributed by atoms with Crippen LogP contribution in [0.3, 0.4) is 0 Å². The van der Waals surface area contributed by atoms with Gasteiger partial charge >= 0.3 is 0 Å². The van der Waals surface area contributed by atoms with Crippen LogP contribution in [0.15, 0.2) is 30.3 Å². The largest absolute Gasteiger partial charge is 0.231 e. The summed E-state index contributed by atoms with van der Waals surface area (Å²) >= 11 is 0. The molecule has 1 atom stereocenters. The summed E-state index contributed by atoms with van der Waals surface area (Å²) in [6.07, 6.45) is 3.96. The van der Waals surface area contributed by atoms with Gasteiger partial charge in [0, 0.05) is 0 Å². The van der Waals surface area contributed by atoms with Crippen LogP contribution >= 0.6 is 0 Å². The van der Waals surface area contributed by atoms with E-state index >= 15 is 0 Å². The second-order valence-electron chi connectivity index (χ2n) is 3.71. The Hall–Kier alpha value is -0.830. The molecular weight excluding hydrogens is 208 g/mol. The smallest absolute Gasteiger partial charge is 0.147 e. The Bertz CT molecular complexity index is 336. The number of thiol groups is 1. The summed E-state index contributed by atoms with van der Waals surface area (Å²) in [6.45, 7) is 2.12. The van der Waals surface area contributed by atoms with E-state index in [0.717, 1.165) is 31.2 Å².